The zero-order valence-corrected chi connectivity index (χ0v) is 58.2. The van der Waals surface area contributed by atoms with Gasteiger partial charge in [-0.1, -0.05) is 37.1 Å². The van der Waals surface area contributed by atoms with E-state index in [0.29, 0.717) is 24.2 Å². The van der Waals surface area contributed by atoms with Gasteiger partial charge in [0.05, 0.1) is 45.6 Å². The van der Waals surface area contributed by atoms with Crippen molar-refractivity contribution in [2.75, 3.05) is 13.1 Å². The Morgan fingerprint density at radius 3 is 0.583 bits per heavy atom. The molecule has 0 unspecified atom stereocenters. The van der Waals surface area contributed by atoms with E-state index in [4.69, 9.17) is 19.9 Å². The van der Waals surface area contributed by atoms with Crippen LogP contribution in [0.15, 0.2) is 244 Å². The summed E-state index contributed by atoms with van der Waals surface area (Å²) in [4.78, 5) is 90.6. The monoisotopic (exact) mass is 1400 g/mol. The minimum absolute atomic E-state index is 0.158. The van der Waals surface area contributed by atoms with Crippen molar-refractivity contribution in [2.24, 2.45) is 0 Å². The van der Waals surface area contributed by atoms with Crippen molar-refractivity contribution in [2.45, 2.75) is 25.7 Å². The van der Waals surface area contributed by atoms with Gasteiger partial charge >= 0.3 is 0 Å². The molecule has 14 aromatic rings. The SMILES string of the molecule is O=C(NCCCCCCNC(=O)c1ccc(-c2c3nc(c(-c4ccncc4)c4ccc([nH]4)c(-c4ccncc4)c4nc(c(-c5ccncc5)c5ccc2[nH]5)C=C4)C=C3)cc1)c1ccc(-c2c3nc(c(-c4ccncc4)c4ccc([nH]4)c(-c4ccncc4)c4nc(c(-c5ccncc5)c5ccc2[nH]5)C=C4)C=C3)cc1. The highest BCUT2D eigenvalue weighted by Crippen LogP contribution is 2.42. The van der Waals surface area contributed by atoms with Crippen LogP contribution in [0.4, 0.5) is 0 Å². The molecular formula is C90H66N16O2. The molecule has 16 heterocycles. The van der Waals surface area contributed by atoms with Crippen molar-refractivity contribution in [3.63, 3.8) is 0 Å². The largest absolute Gasteiger partial charge is 0.354 e. The van der Waals surface area contributed by atoms with Crippen LogP contribution in [-0.2, 0) is 0 Å². The second-order valence-corrected chi connectivity index (χ2v) is 26.5. The number of carbonyl (C=O) groups is 2. The van der Waals surface area contributed by atoms with E-state index in [1.165, 1.54) is 0 Å². The minimum Gasteiger partial charge on any atom is -0.354 e. The molecule has 0 aliphatic carbocycles. The van der Waals surface area contributed by atoms with E-state index in [-0.39, 0.29) is 11.8 Å². The van der Waals surface area contributed by atoms with Gasteiger partial charge in [0.25, 0.3) is 11.8 Å². The molecule has 6 N–H and O–H groups in total. The number of aromatic nitrogens is 14. The van der Waals surface area contributed by atoms with Gasteiger partial charge in [-0.05, 0) is 252 Å². The third-order valence-electron chi connectivity index (χ3n) is 19.9. The number of benzene rings is 2. The predicted octanol–water partition coefficient (Wildman–Crippen LogP) is 19.1. The van der Waals surface area contributed by atoms with Crippen molar-refractivity contribution < 1.29 is 9.59 Å². The first-order chi connectivity index (χ1) is 53.4. The van der Waals surface area contributed by atoms with Crippen LogP contribution in [0, 0.1) is 0 Å². The Kier molecular flexibility index (Phi) is 17.6. The first kappa shape index (κ1) is 65.5. The summed E-state index contributed by atoms with van der Waals surface area (Å²) in [6.45, 7) is 1.01. The Morgan fingerprint density at radius 1 is 0.222 bits per heavy atom. The fourth-order valence-electron chi connectivity index (χ4n) is 14.7. The summed E-state index contributed by atoms with van der Waals surface area (Å²) in [6, 6.07) is 56.2. The topological polar surface area (TPSA) is 250 Å². The van der Waals surface area contributed by atoms with E-state index >= 15 is 0 Å². The number of hydrogen-bond acceptors (Lipinski definition) is 12. The Morgan fingerprint density at radius 2 is 0.398 bits per heavy atom. The molecule has 18 rings (SSSR count). The molecule has 16 bridgehead atoms. The molecule has 0 saturated carbocycles. The standard InChI is InChI=1S/C90H66N16O2/c107-89(63-9-5-55(6-10-63)81-65-13-17-69(99-65)83(57-29-43-91-44-30-57)73-21-25-77(103-73)87(61-37-51-95-52-38-61)78-26-22-74(104-78)84(58-31-45-92-46-32-58)70-18-14-66(81)100-70)97-41-3-1-2-4-42-98-90(108)64-11-7-56(8-12-64)82-67-15-19-71(101-67)85(59-33-47-93-48-34-59)75-23-27-79(105-75)88(62-39-53-96-54-40-62)80-28-24-76(106-80)86(60-35-49-94-50-36-60)72-20-16-68(82)102-72/h5-40,43-54,99,101,104,106H,1-4,41-42H2,(H,97,107)(H,98,108). The van der Waals surface area contributed by atoms with E-state index in [9.17, 15) is 9.59 Å². The summed E-state index contributed by atoms with van der Waals surface area (Å²) < 4.78 is 0. The summed E-state index contributed by atoms with van der Waals surface area (Å²) in [7, 11) is 0. The summed E-state index contributed by atoms with van der Waals surface area (Å²) >= 11 is 0. The predicted molar refractivity (Wildman–Crippen MR) is 431 cm³/mol. The molecule has 18 heteroatoms. The fraction of sp³-hybridized carbons (Fsp3) is 0.0667. The number of amides is 2. The van der Waals surface area contributed by atoms with Crippen LogP contribution in [0.2, 0.25) is 0 Å². The molecule has 0 radical (unpaired) electrons. The zero-order valence-electron chi connectivity index (χ0n) is 58.2. The van der Waals surface area contributed by atoms with Crippen molar-refractivity contribution in [3.05, 3.63) is 301 Å². The Balaban J connectivity index is 0.576. The van der Waals surface area contributed by atoms with Crippen molar-refractivity contribution in [3.8, 4) is 89.0 Å². The molecule has 108 heavy (non-hydrogen) atoms. The van der Waals surface area contributed by atoms with Crippen LogP contribution in [0.3, 0.4) is 0 Å². The van der Waals surface area contributed by atoms with Crippen LogP contribution in [0.1, 0.15) is 92.0 Å². The maximum atomic E-state index is 13.8. The van der Waals surface area contributed by atoms with E-state index in [2.05, 4.69) is 158 Å². The maximum absolute atomic E-state index is 13.8. The smallest absolute Gasteiger partial charge is 0.251 e. The molecule has 0 fully saturated rings. The zero-order chi connectivity index (χ0) is 72.3. The van der Waals surface area contributed by atoms with Crippen LogP contribution < -0.4 is 10.6 Å². The molecule has 2 amide bonds. The van der Waals surface area contributed by atoms with E-state index in [1.807, 2.05) is 121 Å². The lowest BCUT2D eigenvalue weighted by Crippen LogP contribution is -2.25. The second-order valence-electron chi connectivity index (χ2n) is 26.5. The number of hydrogen-bond donors (Lipinski definition) is 6. The fourth-order valence-corrected chi connectivity index (χ4v) is 14.7. The molecule has 4 aliphatic heterocycles. The molecule has 0 saturated heterocycles. The van der Waals surface area contributed by atoms with Gasteiger partial charge in [-0.3, -0.25) is 39.5 Å². The Bertz CT molecular complexity index is 5850. The van der Waals surface area contributed by atoms with Gasteiger partial charge in [-0.15, -0.1) is 0 Å². The second kappa shape index (κ2) is 29.0. The van der Waals surface area contributed by atoms with E-state index in [0.717, 1.165) is 204 Å². The molecule has 0 spiro atoms. The number of nitrogens with one attached hydrogen (secondary N) is 6. The number of fused-ring (bicyclic) bond motifs is 16. The lowest BCUT2D eigenvalue weighted by Gasteiger charge is -2.09. The number of H-pyrrole nitrogens is 4. The molecule has 18 nitrogen and oxygen atoms in total. The molecular weight excluding hydrogens is 1340 g/mol. The number of rotatable bonds is 17. The average molecular weight is 1400 g/mol. The van der Waals surface area contributed by atoms with Crippen LogP contribution in [-0.4, -0.2) is 94.7 Å². The van der Waals surface area contributed by atoms with Crippen LogP contribution in [0.25, 0.3) is 182 Å². The lowest BCUT2D eigenvalue weighted by atomic mass is 10.0. The van der Waals surface area contributed by atoms with E-state index in [1.54, 1.807) is 74.4 Å². The third kappa shape index (κ3) is 13.0. The van der Waals surface area contributed by atoms with Crippen molar-refractivity contribution in [1.82, 2.24) is 80.4 Å². The molecule has 12 aromatic heterocycles. The summed E-state index contributed by atoms with van der Waals surface area (Å²) in [5, 5.41) is 6.30. The minimum atomic E-state index is -0.158. The maximum Gasteiger partial charge on any atom is 0.251 e. The first-order valence-electron chi connectivity index (χ1n) is 35.9. The van der Waals surface area contributed by atoms with Crippen molar-refractivity contribution in [1.29, 1.82) is 0 Å². The Labute approximate surface area is 619 Å². The highest BCUT2D eigenvalue weighted by Gasteiger charge is 2.23. The van der Waals surface area contributed by atoms with Gasteiger partial charge in [0, 0.05) is 187 Å². The highest BCUT2D eigenvalue weighted by atomic mass is 16.2. The number of aromatic amines is 4. The summed E-state index contributed by atoms with van der Waals surface area (Å²) in [5.41, 5.74) is 28.9. The van der Waals surface area contributed by atoms with Gasteiger partial charge in [-0.2, -0.15) is 0 Å². The summed E-state index contributed by atoms with van der Waals surface area (Å²) in [5.74, 6) is -0.315. The van der Waals surface area contributed by atoms with Gasteiger partial charge in [0.1, 0.15) is 0 Å². The van der Waals surface area contributed by atoms with Gasteiger partial charge in [-0.25, -0.2) is 19.9 Å². The van der Waals surface area contributed by atoms with Crippen LogP contribution in [0.5, 0.6) is 0 Å². The number of nitrogens with zero attached hydrogens (tertiary/aromatic N) is 10. The first-order valence-corrected chi connectivity index (χ1v) is 35.9. The number of carbonyl (C=O) groups excluding carboxylic acids is 2. The van der Waals surface area contributed by atoms with E-state index < -0.39 is 0 Å². The van der Waals surface area contributed by atoms with Crippen LogP contribution >= 0.6 is 0 Å². The molecule has 2 aromatic carbocycles. The third-order valence-corrected chi connectivity index (χ3v) is 19.9. The quantitative estimate of drug-likeness (QED) is 0.0466. The Hall–Kier alpha value is -14.5. The highest BCUT2D eigenvalue weighted by molar-refractivity contribution is 6.04. The number of unbranched alkanes of at least 4 members (excludes halogenated alkanes) is 3. The van der Waals surface area contributed by atoms with Gasteiger partial charge in [0.2, 0.25) is 0 Å². The van der Waals surface area contributed by atoms with Gasteiger partial charge < -0.3 is 30.6 Å². The summed E-state index contributed by atoms with van der Waals surface area (Å²) in [6.07, 6.45) is 41.4. The average Bonchev–Trinajstić information content (AvgIpc) is 1.62. The molecule has 4 aliphatic rings. The number of pyridine rings is 6. The van der Waals surface area contributed by atoms with Gasteiger partial charge in [0.15, 0.2) is 0 Å². The molecule has 518 valence electrons. The molecule has 0 atom stereocenters. The lowest BCUT2D eigenvalue weighted by molar-refractivity contribution is 0.0943. The van der Waals surface area contributed by atoms with Crippen molar-refractivity contribution >= 4 is 105 Å². The normalized spacial score (nSPS) is 12.0.